The van der Waals surface area contributed by atoms with Crippen LogP contribution in [-0.4, -0.2) is 64.2 Å². The summed E-state index contributed by atoms with van der Waals surface area (Å²) < 4.78 is 23.6. The van der Waals surface area contributed by atoms with Gasteiger partial charge in [0.25, 0.3) is 17.8 Å². The predicted octanol–water partition coefficient (Wildman–Crippen LogP) is 2.25. The molecule has 0 atom stereocenters. The third-order valence-corrected chi connectivity index (χ3v) is 5.16. The predicted molar refractivity (Wildman–Crippen MR) is 120 cm³/mol. The number of piperidine rings is 1. The fraction of sp³-hybridized carbons (Fsp3) is 0.364. The molecule has 0 radical (unpaired) electrons. The van der Waals surface area contributed by atoms with Crippen molar-refractivity contribution in [3.8, 4) is 6.01 Å². The molecule has 178 valence electrons. The molecule has 3 aromatic heterocycles. The Hall–Kier alpha value is -4.09. The van der Waals surface area contributed by atoms with Gasteiger partial charge in [-0.1, -0.05) is 0 Å². The van der Waals surface area contributed by atoms with E-state index in [-0.39, 0.29) is 36.0 Å². The van der Waals surface area contributed by atoms with Gasteiger partial charge in [0.1, 0.15) is 12.4 Å². The molecular weight excluding hydrogens is 445 g/mol. The number of hydrogen-bond donors (Lipinski definition) is 2. The van der Waals surface area contributed by atoms with Gasteiger partial charge in [0.2, 0.25) is 0 Å². The second kappa shape index (κ2) is 11.2. The van der Waals surface area contributed by atoms with Crippen molar-refractivity contribution in [3.63, 3.8) is 0 Å². The number of nitrogens with one attached hydrogen (secondary N) is 2. The van der Waals surface area contributed by atoms with Crippen molar-refractivity contribution in [2.75, 3.05) is 36.5 Å². The number of nitrogens with zero attached hydrogens (tertiary/aromatic N) is 5. The first-order valence-electron chi connectivity index (χ1n) is 10.9. The number of rotatable bonds is 9. The maximum atomic E-state index is 12.7. The van der Waals surface area contributed by atoms with Crippen LogP contribution >= 0.6 is 0 Å². The minimum atomic E-state index is -0.541. The number of carbonyl (C=O) groups is 2. The van der Waals surface area contributed by atoms with E-state index in [0.717, 1.165) is 12.8 Å². The highest BCUT2D eigenvalue weighted by molar-refractivity contribution is 6.08. The molecule has 1 aliphatic rings. The van der Waals surface area contributed by atoms with Crippen LogP contribution in [0.3, 0.4) is 0 Å². The van der Waals surface area contributed by atoms with E-state index in [2.05, 4.69) is 30.6 Å². The van der Waals surface area contributed by atoms with Crippen LogP contribution in [0.1, 0.15) is 40.1 Å². The van der Waals surface area contributed by atoms with Crippen molar-refractivity contribution >= 4 is 23.5 Å². The molecule has 4 heterocycles. The monoisotopic (exact) mass is 469 g/mol. The number of alkyl halides is 1. The largest absolute Gasteiger partial charge is 0.460 e. The van der Waals surface area contributed by atoms with E-state index >= 15 is 0 Å². The minimum absolute atomic E-state index is 0.0172. The Morgan fingerprint density at radius 2 is 1.97 bits per heavy atom. The molecule has 34 heavy (non-hydrogen) atoms. The Kier molecular flexibility index (Phi) is 7.58. The lowest BCUT2D eigenvalue weighted by molar-refractivity contribution is 0.0953. The van der Waals surface area contributed by atoms with Gasteiger partial charge in [0.15, 0.2) is 5.69 Å². The molecule has 3 aromatic rings. The summed E-state index contributed by atoms with van der Waals surface area (Å²) in [5.74, 6) is -0.974. The van der Waals surface area contributed by atoms with Gasteiger partial charge in [-0.3, -0.25) is 19.0 Å². The van der Waals surface area contributed by atoms with Crippen LogP contribution in [0, 0.1) is 0 Å². The number of halogens is 1. The molecule has 0 aliphatic carbocycles. The number of anilines is 2. The van der Waals surface area contributed by atoms with Gasteiger partial charge in [0, 0.05) is 51.1 Å². The van der Waals surface area contributed by atoms with Crippen molar-refractivity contribution in [2.45, 2.75) is 25.4 Å². The number of carbonyl (C=O) groups excluding carboxylic acids is 2. The molecule has 12 heteroatoms. The third-order valence-electron chi connectivity index (χ3n) is 5.16. The zero-order valence-corrected chi connectivity index (χ0v) is 18.3. The van der Waals surface area contributed by atoms with E-state index in [0.29, 0.717) is 25.1 Å². The summed E-state index contributed by atoms with van der Waals surface area (Å²) in [4.78, 5) is 43.4. The van der Waals surface area contributed by atoms with E-state index in [1.807, 2.05) is 4.90 Å². The van der Waals surface area contributed by atoms with Gasteiger partial charge in [-0.15, -0.1) is 0 Å². The number of amides is 2. The summed E-state index contributed by atoms with van der Waals surface area (Å²) in [6.07, 6.45) is 8.96. The van der Waals surface area contributed by atoms with Crippen LogP contribution in [0.5, 0.6) is 6.01 Å². The number of aromatic nitrogens is 4. The maximum Gasteiger partial charge on any atom is 0.316 e. The average Bonchev–Trinajstić information content (AvgIpc) is 3.36. The standard InChI is InChI=1S/C22H24FN7O4/c23-6-1-7-25-19(31)16-3-10-24-13-17(16)28-20(32)18-14-33-22(29-18)30-11-4-15(5-12-30)34-21-26-8-2-9-27-21/h2-3,8-10,13-15H,1,4-7,11-12H2,(H,25,31)(H,28,32). The molecule has 0 aromatic carbocycles. The molecule has 0 saturated carbocycles. The Balaban J connectivity index is 1.33. The van der Waals surface area contributed by atoms with Crippen molar-refractivity contribution in [1.82, 2.24) is 25.3 Å². The topological polar surface area (TPSA) is 135 Å². The fourth-order valence-corrected chi connectivity index (χ4v) is 3.42. The van der Waals surface area contributed by atoms with Gasteiger partial charge in [-0.05, 0) is 18.6 Å². The molecule has 2 amide bonds. The smallest absolute Gasteiger partial charge is 0.316 e. The Morgan fingerprint density at radius 3 is 2.74 bits per heavy atom. The fourth-order valence-electron chi connectivity index (χ4n) is 3.42. The summed E-state index contributed by atoms with van der Waals surface area (Å²) in [6, 6.07) is 3.88. The highest BCUT2D eigenvalue weighted by Gasteiger charge is 2.25. The lowest BCUT2D eigenvalue weighted by Gasteiger charge is -2.30. The van der Waals surface area contributed by atoms with Crippen LogP contribution in [-0.2, 0) is 0 Å². The highest BCUT2D eigenvalue weighted by atomic mass is 19.1. The minimum Gasteiger partial charge on any atom is -0.460 e. The summed E-state index contributed by atoms with van der Waals surface area (Å²) in [5.41, 5.74) is 0.505. The van der Waals surface area contributed by atoms with E-state index < -0.39 is 18.5 Å². The lowest BCUT2D eigenvalue weighted by atomic mass is 10.1. The molecule has 0 unspecified atom stereocenters. The SMILES string of the molecule is O=C(Nc1cnccc1C(=O)NCCCF)c1coc(N2CCC(Oc3ncccn3)CC2)n1. The van der Waals surface area contributed by atoms with Crippen LogP contribution < -0.4 is 20.3 Å². The quantitative estimate of drug-likeness (QED) is 0.452. The normalized spacial score (nSPS) is 14.0. The van der Waals surface area contributed by atoms with Gasteiger partial charge in [-0.2, -0.15) is 4.98 Å². The highest BCUT2D eigenvalue weighted by Crippen LogP contribution is 2.22. The maximum absolute atomic E-state index is 12.7. The molecule has 1 saturated heterocycles. The van der Waals surface area contributed by atoms with Crippen LogP contribution in [0.25, 0.3) is 0 Å². The van der Waals surface area contributed by atoms with Crippen molar-refractivity contribution in [3.05, 3.63) is 54.4 Å². The molecule has 1 aliphatic heterocycles. The molecule has 0 bridgehead atoms. The van der Waals surface area contributed by atoms with Crippen LogP contribution in [0.15, 0.2) is 47.6 Å². The number of pyridine rings is 1. The Bertz CT molecular complexity index is 1100. The summed E-state index contributed by atoms with van der Waals surface area (Å²) in [7, 11) is 0. The van der Waals surface area contributed by atoms with Crippen LogP contribution in [0.2, 0.25) is 0 Å². The third kappa shape index (κ3) is 5.82. The van der Waals surface area contributed by atoms with Gasteiger partial charge in [0.05, 0.1) is 24.1 Å². The molecular formula is C22H24FN7O4. The molecule has 2 N–H and O–H groups in total. The average molecular weight is 469 g/mol. The summed E-state index contributed by atoms with van der Waals surface area (Å²) in [5, 5.41) is 5.24. The number of ether oxygens (including phenoxy) is 1. The lowest BCUT2D eigenvalue weighted by Crippen LogP contribution is -2.38. The van der Waals surface area contributed by atoms with Gasteiger partial charge >= 0.3 is 6.01 Å². The van der Waals surface area contributed by atoms with Gasteiger partial charge in [-0.25, -0.2) is 9.97 Å². The van der Waals surface area contributed by atoms with Crippen molar-refractivity contribution < 1.29 is 23.1 Å². The van der Waals surface area contributed by atoms with Crippen LogP contribution in [0.4, 0.5) is 16.1 Å². The van der Waals surface area contributed by atoms with Crippen molar-refractivity contribution in [1.29, 1.82) is 0 Å². The Labute approximate surface area is 194 Å². The molecule has 1 fully saturated rings. The number of oxazole rings is 1. The first-order valence-corrected chi connectivity index (χ1v) is 10.9. The second-order valence-corrected chi connectivity index (χ2v) is 7.52. The zero-order valence-electron chi connectivity index (χ0n) is 18.3. The molecule has 11 nitrogen and oxygen atoms in total. The number of hydrogen-bond acceptors (Lipinski definition) is 9. The second-order valence-electron chi connectivity index (χ2n) is 7.52. The first kappa shape index (κ1) is 23.1. The first-order chi connectivity index (χ1) is 16.6. The van der Waals surface area contributed by atoms with E-state index in [9.17, 15) is 14.0 Å². The zero-order chi connectivity index (χ0) is 23.8. The summed E-state index contributed by atoms with van der Waals surface area (Å²) in [6.45, 7) is 0.925. The van der Waals surface area contributed by atoms with E-state index in [1.165, 1.54) is 24.7 Å². The Morgan fingerprint density at radius 1 is 1.18 bits per heavy atom. The molecule has 4 rings (SSSR count). The van der Waals surface area contributed by atoms with E-state index in [4.69, 9.17) is 9.15 Å². The molecule has 0 spiro atoms. The van der Waals surface area contributed by atoms with Crippen molar-refractivity contribution in [2.24, 2.45) is 0 Å². The summed E-state index contributed by atoms with van der Waals surface area (Å²) >= 11 is 0. The van der Waals surface area contributed by atoms with E-state index in [1.54, 1.807) is 18.5 Å². The van der Waals surface area contributed by atoms with Gasteiger partial charge < -0.3 is 24.7 Å².